The molecule has 0 bridgehead atoms. The SMILES string of the molecule is C.C.CCC(=O)OCC(=O)[C@@]1(OC(=O)CC)[C@@H](C)C[C@H]2[C@@H]3CCC4=CC(=Nc5cc(C)cs5)C=C[C@]4(C)[C@@]3(Cl)[C@@H](O)C[C@@]21C.Cc1cc(N)cs1.Cc1csc(N=C2C=C[C@@]3(C)C(=C2)CC[C@H]2[C@@H]4C[C@H](C)[C@](O)(C(=O)CO)[C@@]4(C)C[C@H](O)[C@@]23Cl)c1. The molecule has 0 radical (unpaired) electrons. The molecule has 0 spiro atoms. The lowest BCUT2D eigenvalue weighted by molar-refractivity contribution is -0.203. The van der Waals surface area contributed by atoms with Gasteiger partial charge in [0.1, 0.15) is 22.2 Å². The molecule has 3 aromatic rings. The molecule has 6 fully saturated rings. The van der Waals surface area contributed by atoms with Gasteiger partial charge < -0.3 is 35.6 Å². The van der Waals surface area contributed by atoms with Crippen LogP contribution in [0.25, 0.3) is 0 Å². The molecule has 0 unspecified atom stereocenters. The van der Waals surface area contributed by atoms with Gasteiger partial charge in [-0.3, -0.25) is 19.2 Å². The van der Waals surface area contributed by atoms with Crippen LogP contribution in [0.15, 0.2) is 91.9 Å². The lowest BCUT2D eigenvalue weighted by Crippen LogP contribution is -2.69. The normalized spacial score (nSPS) is 39.0. The summed E-state index contributed by atoms with van der Waals surface area (Å²) in [5.74, 6) is -2.96. The summed E-state index contributed by atoms with van der Waals surface area (Å²) >= 11 is 20.2. The number of anilines is 1. The van der Waals surface area contributed by atoms with Gasteiger partial charge in [0.2, 0.25) is 5.78 Å². The Kier molecular flexibility index (Phi) is 20.2. The van der Waals surface area contributed by atoms with E-state index in [1.165, 1.54) is 21.6 Å². The van der Waals surface area contributed by atoms with Crippen LogP contribution in [0.4, 0.5) is 15.7 Å². The van der Waals surface area contributed by atoms with Crippen molar-refractivity contribution in [3.8, 4) is 0 Å². The van der Waals surface area contributed by atoms with E-state index in [0.717, 1.165) is 58.4 Å². The lowest BCUT2D eigenvalue weighted by atomic mass is 9.45. The van der Waals surface area contributed by atoms with E-state index in [-0.39, 0.29) is 76.0 Å². The summed E-state index contributed by atoms with van der Waals surface area (Å²) in [5, 5.41) is 53.0. The molecule has 0 aromatic carbocycles. The molecule has 11 rings (SSSR count). The fraction of sp³-hybridized carbons (Fsp3) is 0.612. The fourth-order valence-electron chi connectivity index (χ4n) is 17.1. The second-order valence-corrected chi connectivity index (χ2v) is 30.0. The Balaban J connectivity index is 0.000000217. The number of aliphatic imine (C=N–C) groups is 2. The largest absolute Gasteiger partial charge is 0.457 e. The van der Waals surface area contributed by atoms with Gasteiger partial charge in [-0.25, -0.2) is 9.98 Å². The van der Waals surface area contributed by atoms with Crippen LogP contribution in [0.3, 0.4) is 0 Å². The number of aliphatic hydroxyl groups excluding tert-OH is 3. The van der Waals surface area contributed by atoms with Gasteiger partial charge in [-0.1, -0.05) is 93.5 Å². The minimum absolute atomic E-state index is 0. The number of Topliss-reactive ketones (excluding diaryl/α,β-unsaturated/α-hetero) is 2. The summed E-state index contributed by atoms with van der Waals surface area (Å²) in [6.45, 7) is 20.2. The molecular weight excluding hydrogens is 1170 g/mol. The first-order chi connectivity index (χ1) is 39.0. The number of ketones is 2. The number of carbonyl (C=O) groups is 4. The maximum absolute atomic E-state index is 14.0. The minimum Gasteiger partial charge on any atom is -0.457 e. The Morgan fingerprint density at radius 2 is 1.15 bits per heavy atom. The molecule has 0 aliphatic heterocycles. The Morgan fingerprint density at radius 1 is 0.682 bits per heavy atom. The number of ether oxygens (including phenoxy) is 2. The van der Waals surface area contributed by atoms with Crippen LogP contribution in [0.2, 0.25) is 0 Å². The molecule has 18 heteroatoms. The van der Waals surface area contributed by atoms with Crippen LogP contribution in [-0.2, 0) is 28.7 Å². The summed E-state index contributed by atoms with van der Waals surface area (Å²) < 4.78 is 11.4. The van der Waals surface area contributed by atoms with Crippen molar-refractivity contribution in [1.82, 2.24) is 0 Å². The van der Waals surface area contributed by atoms with E-state index >= 15 is 0 Å². The Hall–Kier alpha value is -4.10. The Morgan fingerprint density at radius 3 is 1.56 bits per heavy atom. The number of nitrogens with two attached hydrogens (primary N) is 1. The first kappa shape index (κ1) is 68.4. The summed E-state index contributed by atoms with van der Waals surface area (Å²) in [6, 6.07) is 6.09. The molecular formula is C67H91Cl2N3O10S3. The number of nitrogens with zero attached hydrogens (tertiary/aromatic N) is 2. The molecule has 8 aliphatic carbocycles. The van der Waals surface area contributed by atoms with E-state index in [9.17, 15) is 39.6 Å². The van der Waals surface area contributed by atoms with Crippen molar-refractivity contribution in [2.45, 2.75) is 188 Å². The van der Waals surface area contributed by atoms with Crippen molar-refractivity contribution in [3.05, 3.63) is 97.9 Å². The first-order valence-corrected chi connectivity index (χ1v) is 32.8. The molecule has 466 valence electrons. The minimum atomic E-state index is -1.66. The molecule has 0 amide bonds. The predicted octanol–water partition coefficient (Wildman–Crippen LogP) is 14.3. The number of esters is 2. The molecule has 3 aromatic heterocycles. The molecule has 8 aliphatic rings. The van der Waals surface area contributed by atoms with Gasteiger partial charge in [0, 0.05) is 56.4 Å². The number of thiophene rings is 3. The van der Waals surface area contributed by atoms with E-state index in [2.05, 4.69) is 74.9 Å². The van der Waals surface area contributed by atoms with Gasteiger partial charge in [0.05, 0.1) is 33.4 Å². The maximum atomic E-state index is 14.0. The maximum Gasteiger partial charge on any atom is 0.306 e. The average Bonchev–Trinajstić information content (AvgIpc) is 1.67. The third-order valence-corrected chi connectivity index (χ3v) is 25.9. The number of alkyl halides is 2. The van der Waals surface area contributed by atoms with Crippen LogP contribution in [0.5, 0.6) is 0 Å². The summed E-state index contributed by atoms with van der Waals surface area (Å²) in [4.78, 5) is 60.6. The molecule has 6 N–H and O–H groups in total. The average molecular weight is 1270 g/mol. The van der Waals surface area contributed by atoms with E-state index in [1.54, 1.807) is 47.9 Å². The van der Waals surface area contributed by atoms with Gasteiger partial charge in [-0.05, 0) is 166 Å². The van der Waals surface area contributed by atoms with Crippen LogP contribution >= 0.6 is 57.2 Å². The topological polar surface area (TPSA) is 218 Å². The van der Waals surface area contributed by atoms with Crippen molar-refractivity contribution in [1.29, 1.82) is 0 Å². The van der Waals surface area contributed by atoms with Crippen molar-refractivity contribution < 1.29 is 49.1 Å². The first-order valence-electron chi connectivity index (χ1n) is 29.4. The standard InChI is InChI=1S/C33H42ClNO6S.C27H34ClNO4S.C5H7NS.2CH4/c1-7-28(38)40-17-26(37)33(41-29(39)8-2)20(4)14-24-23-10-9-21-15-22(35-27-13-19(3)18-42-27)11-12-30(21,5)32(23,34)25(36)16-31(24,33)6;1-15-9-23(34-14-15)29-18-7-8-24(3)17(11-18)5-6-19-20-10-16(2)27(33,22(32)13-30)25(20,4)12-21(31)26(19,24)28;1-4-2-5(6)3-7-4;;/h11-13,15,18,20,23-25,36H,7-10,14,16-17H2,1-6H3;7-9,11,14,16,19-21,30-31,33H,5-6,10,12-13H2,1-4H3;2-3H,6H2,1H3;2*1H4/t20-,23-,24-,25-,30-,31-,32-,33-;16-,19-,20-,21-,24-,25-,26-,27-;;;/m00.../s1. The number of allylic oxidation sites excluding steroid dienone is 8. The smallest absolute Gasteiger partial charge is 0.306 e. The molecule has 0 saturated heterocycles. The zero-order chi connectivity index (χ0) is 60.6. The van der Waals surface area contributed by atoms with Crippen molar-refractivity contribution in [2.24, 2.45) is 67.2 Å². The third-order valence-electron chi connectivity index (χ3n) is 21.3. The highest BCUT2D eigenvalue weighted by Gasteiger charge is 2.77. The highest BCUT2D eigenvalue weighted by Crippen LogP contribution is 2.74. The molecule has 13 nitrogen and oxygen atoms in total. The van der Waals surface area contributed by atoms with Gasteiger partial charge in [0.25, 0.3) is 0 Å². The summed E-state index contributed by atoms with van der Waals surface area (Å²) in [6.07, 6.45) is 15.6. The predicted molar refractivity (Wildman–Crippen MR) is 347 cm³/mol. The van der Waals surface area contributed by atoms with E-state index in [1.807, 2.05) is 58.2 Å². The van der Waals surface area contributed by atoms with E-state index in [4.69, 9.17) is 48.4 Å². The monoisotopic (exact) mass is 1260 g/mol. The van der Waals surface area contributed by atoms with Crippen LogP contribution in [-0.4, -0.2) is 102 Å². The molecule has 16 atom stereocenters. The number of hydrogen-bond donors (Lipinski definition) is 5. The van der Waals surface area contributed by atoms with Crippen LogP contribution < -0.4 is 5.73 Å². The number of halogens is 2. The van der Waals surface area contributed by atoms with Gasteiger partial charge in [-0.2, -0.15) is 0 Å². The van der Waals surface area contributed by atoms with Gasteiger partial charge in [0.15, 0.2) is 18.0 Å². The summed E-state index contributed by atoms with van der Waals surface area (Å²) in [5.41, 5.74) is 6.59. The number of fused-ring (bicyclic) bond motifs is 10. The Bertz CT molecular complexity index is 3220. The highest BCUT2D eigenvalue weighted by molar-refractivity contribution is 7.14. The van der Waals surface area contributed by atoms with Crippen molar-refractivity contribution >= 4 is 108 Å². The molecule has 3 heterocycles. The summed E-state index contributed by atoms with van der Waals surface area (Å²) in [7, 11) is 0. The van der Waals surface area contributed by atoms with Gasteiger partial charge in [-0.15, -0.1) is 57.2 Å². The lowest BCUT2D eigenvalue weighted by Gasteiger charge is -2.64. The highest BCUT2D eigenvalue weighted by atomic mass is 35.5. The number of aryl methyl sites for hydroxylation is 3. The van der Waals surface area contributed by atoms with Crippen LogP contribution in [0, 0.1) is 77.9 Å². The van der Waals surface area contributed by atoms with Crippen LogP contribution in [0.1, 0.15) is 150 Å². The number of rotatable bonds is 10. The quantitative estimate of drug-likeness (QED) is 0.0950. The second-order valence-electron chi connectivity index (χ2n) is 25.8. The number of hydrogen-bond acceptors (Lipinski definition) is 16. The molecule has 6 saturated carbocycles. The van der Waals surface area contributed by atoms with Gasteiger partial charge >= 0.3 is 11.9 Å². The number of aliphatic hydroxyl groups is 4. The van der Waals surface area contributed by atoms with E-state index in [0.29, 0.717) is 12.8 Å². The number of nitrogen functional groups attached to an aromatic ring is 1. The number of carbonyl (C=O) groups excluding carboxylic acids is 4. The second kappa shape index (κ2) is 25.1. The molecule has 85 heavy (non-hydrogen) atoms. The fourth-order valence-corrected chi connectivity index (χ4v) is 20.3. The van der Waals surface area contributed by atoms with Crippen molar-refractivity contribution in [3.63, 3.8) is 0 Å². The zero-order valence-electron chi connectivity index (χ0n) is 49.7. The third kappa shape index (κ3) is 10.9. The van der Waals surface area contributed by atoms with E-state index < -0.39 is 91.5 Å². The Labute approximate surface area is 526 Å². The van der Waals surface area contributed by atoms with Crippen molar-refractivity contribution in [2.75, 3.05) is 18.9 Å². The zero-order valence-corrected chi connectivity index (χ0v) is 53.7.